The second kappa shape index (κ2) is 7.08. The molecule has 1 fully saturated rings. The summed E-state index contributed by atoms with van der Waals surface area (Å²) in [7, 11) is 0. The van der Waals surface area contributed by atoms with Crippen molar-refractivity contribution in [1.29, 1.82) is 0 Å². The molecule has 1 aromatic carbocycles. The van der Waals surface area contributed by atoms with Gasteiger partial charge in [-0.2, -0.15) is 0 Å². The molecule has 0 bridgehead atoms. The Hall–Kier alpha value is -1.08. The Balaban J connectivity index is 2.05. The molecular formula is C19H28O. The Morgan fingerprint density at radius 3 is 2.45 bits per heavy atom. The maximum absolute atomic E-state index is 10.6. The minimum atomic E-state index is -0.314. The molecule has 3 unspecified atom stereocenters. The van der Waals surface area contributed by atoms with Crippen molar-refractivity contribution in [3.05, 3.63) is 42.0 Å². The van der Waals surface area contributed by atoms with Crippen LogP contribution in [0.1, 0.15) is 45.6 Å². The molecule has 0 aromatic heterocycles. The van der Waals surface area contributed by atoms with E-state index in [-0.39, 0.29) is 6.10 Å². The van der Waals surface area contributed by atoms with Crippen molar-refractivity contribution < 1.29 is 5.11 Å². The summed E-state index contributed by atoms with van der Waals surface area (Å²) in [6.45, 7) is 6.90. The molecule has 1 N–H and O–H groups in total. The van der Waals surface area contributed by atoms with Gasteiger partial charge in [0.05, 0.1) is 6.10 Å². The Kier molecular flexibility index (Phi) is 5.42. The summed E-state index contributed by atoms with van der Waals surface area (Å²) in [6.07, 6.45) is 7.47. The van der Waals surface area contributed by atoms with Gasteiger partial charge in [0.1, 0.15) is 0 Å². The summed E-state index contributed by atoms with van der Waals surface area (Å²) in [5.41, 5.74) is 1.16. The van der Waals surface area contributed by atoms with Gasteiger partial charge in [-0.25, -0.2) is 0 Å². The fourth-order valence-corrected chi connectivity index (χ4v) is 3.59. The highest BCUT2D eigenvalue weighted by Gasteiger charge is 2.34. The summed E-state index contributed by atoms with van der Waals surface area (Å²) < 4.78 is 0. The number of aliphatic hydroxyl groups excluding tert-OH is 1. The van der Waals surface area contributed by atoms with E-state index in [0.717, 1.165) is 17.9 Å². The molecule has 1 aromatic rings. The summed E-state index contributed by atoms with van der Waals surface area (Å²) in [5, 5.41) is 10.6. The standard InChI is InChI=1S/C19H28O/c1-14(2)17-11-9-15(3)13-18(17)19(20)12-10-16-7-5-4-6-8-16/h4-8,10,12,14-15,17-20H,9,11,13H2,1-3H3/b12-10+/t15?,17?,18?,19-/m0/s1. The lowest BCUT2D eigenvalue weighted by Crippen LogP contribution is -2.35. The van der Waals surface area contributed by atoms with Gasteiger partial charge in [-0.15, -0.1) is 0 Å². The molecule has 1 nitrogen and oxygen atoms in total. The summed E-state index contributed by atoms with van der Waals surface area (Å²) in [6, 6.07) is 10.2. The van der Waals surface area contributed by atoms with Gasteiger partial charge in [-0.1, -0.05) is 69.7 Å². The zero-order valence-corrected chi connectivity index (χ0v) is 13.0. The molecule has 0 amide bonds. The van der Waals surface area contributed by atoms with Gasteiger partial charge in [0.2, 0.25) is 0 Å². The van der Waals surface area contributed by atoms with Crippen LogP contribution in [-0.2, 0) is 0 Å². The normalized spacial score (nSPS) is 28.9. The smallest absolute Gasteiger partial charge is 0.0755 e. The van der Waals surface area contributed by atoms with E-state index in [1.807, 2.05) is 24.3 Å². The van der Waals surface area contributed by atoms with Crippen LogP contribution in [0.4, 0.5) is 0 Å². The van der Waals surface area contributed by atoms with Crippen molar-refractivity contribution in [1.82, 2.24) is 0 Å². The van der Waals surface area contributed by atoms with Gasteiger partial charge in [-0.3, -0.25) is 0 Å². The minimum Gasteiger partial charge on any atom is -0.389 e. The number of aliphatic hydroxyl groups is 1. The third-order valence-corrected chi connectivity index (χ3v) is 4.80. The first-order valence-electron chi connectivity index (χ1n) is 7.99. The number of rotatable bonds is 4. The first-order valence-corrected chi connectivity index (χ1v) is 7.99. The van der Waals surface area contributed by atoms with Crippen LogP contribution in [0, 0.1) is 23.7 Å². The molecule has 1 saturated carbocycles. The van der Waals surface area contributed by atoms with Gasteiger partial charge in [0.15, 0.2) is 0 Å². The minimum absolute atomic E-state index is 0.314. The van der Waals surface area contributed by atoms with Crippen LogP contribution in [0.5, 0.6) is 0 Å². The molecule has 1 aliphatic rings. The molecule has 0 spiro atoms. The third kappa shape index (κ3) is 3.96. The molecule has 1 heteroatoms. The van der Waals surface area contributed by atoms with Crippen LogP contribution in [0.25, 0.3) is 6.08 Å². The lowest BCUT2D eigenvalue weighted by Gasteiger charge is -2.39. The predicted molar refractivity (Wildman–Crippen MR) is 86.3 cm³/mol. The molecule has 0 radical (unpaired) electrons. The average Bonchev–Trinajstić information content (AvgIpc) is 2.45. The molecule has 1 aliphatic carbocycles. The van der Waals surface area contributed by atoms with E-state index in [2.05, 4.69) is 39.0 Å². The van der Waals surface area contributed by atoms with Crippen molar-refractivity contribution in [2.24, 2.45) is 23.7 Å². The van der Waals surface area contributed by atoms with E-state index >= 15 is 0 Å². The highest BCUT2D eigenvalue weighted by Crippen LogP contribution is 2.40. The predicted octanol–water partition coefficient (Wildman–Crippen LogP) is 4.77. The second-order valence-electron chi connectivity index (χ2n) is 6.75. The van der Waals surface area contributed by atoms with Crippen LogP contribution in [-0.4, -0.2) is 11.2 Å². The van der Waals surface area contributed by atoms with Gasteiger partial charge >= 0.3 is 0 Å². The molecular weight excluding hydrogens is 244 g/mol. The van der Waals surface area contributed by atoms with Crippen LogP contribution in [0.15, 0.2) is 36.4 Å². The topological polar surface area (TPSA) is 20.2 Å². The third-order valence-electron chi connectivity index (χ3n) is 4.80. The average molecular weight is 272 g/mol. The van der Waals surface area contributed by atoms with E-state index in [1.165, 1.54) is 12.8 Å². The molecule has 2 rings (SSSR count). The van der Waals surface area contributed by atoms with Gasteiger partial charge in [-0.05, 0) is 42.1 Å². The van der Waals surface area contributed by atoms with Crippen LogP contribution >= 0.6 is 0 Å². The highest BCUT2D eigenvalue weighted by molar-refractivity contribution is 5.49. The lowest BCUT2D eigenvalue weighted by atomic mass is 9.68. The fourth-order valence-electron chi connectivity index (χ4n) is 3.59. The van der Waals surface area contributed by atoms with Crippen LogP contribution in [0.3, 0.4) is 0 Å². The molecule has 110 valence electrons. The number of benzene rings is 1. The van der Waals surface area contributed by atoms with Crippen molar-refractivity contribution in [2.45, 2.75) is 46.1 Å². The molecule has 0 saturated heterocycles. The van der Waals surface area contributed by atoms with E-state index in [4.69, 9.17) is 0 Å². The maximum Gasteiger partial charge on any atom is 0.0755 e. The Labute approximate surface area is 123 Å². The number of hydrogen-bond donors (Lipinski definition) is 1. The van der Waals surface area contributed by atoms with Gasteiger partial charge < -0.3 is 5.11 Å². The van der Waals surface area contributed by atoms with Crippen molar-refractivity contribution in [3.8, 4) is 0 Å². The van der Waals surface area contributed by atoms with Gasteiger partial charge in [0, 0.05) is 0 Å². The maximum atomic E-state index is 10.6. The highest BCUT2D eigenvalue weighted by atomic mass is 16.3. The van der Waals surface area contributed by atoms with Crippen molar-refractivity contribution >= 4 is 6.08 Å². The quantitative estimate of drug-likeness (QED) is 0.837. The SMILES string of the molecule is CC1CCC(C(C)C)C([C@@H](O)/C=C/c2ccccc2)C1. The largest absolute Gasteiger partial charge is 0.389 e. The zero-order valence-electron chi connectivity index (χ0n) is 13.0. The monoisotopic (exact) mass is 272 g/mol. The first-order chi connectivity index (χ1) is 9.58. The molecule has 20 heavy (non-hydrogen) atoms. The fraction of sp³-hybridized carbons (Fsp3) is 0.579. The molecule has 0 heterocycles. The zero-order chi connectivity index (χ0) is 14.5. The molecule has 0 aliphatic heterocycles. The van der Waals surface area contributed by atoms with Crippen molar-refractivity contribution in [3.63, 3.8) is 0 Å². The van der Waals surface area contributed by atoms with E-state index < -0.39 is 0 Å². The van der Waals surface area contributed by atoms with E-state index in [1.54, 1.807) is 0 Å². The second-order valence-corrected chi connectivity index (χ2v) is 6.75. The first kappa shape index (κ1) is 15.3. The van der Waals surface area contributed by atoms with Crippen LogP contribution < -0.4 is 0 Å². The van der Waals surface area contributed by atoms with Crippen LogP contribution in [0.2, 0.25) is 0 Å². The summed E-state index contributed by atoms with van der Waals surface area (Å²) in [4.78, 5) is 0. The Bertz CT molecular complexity index is 421. The number of hydrogen-bond acceptors (Lipinski definition) is 1. The Morgan fingerprint density at radius 1 is 1.10 bits per heavy atom. The van der Waals surface area contributed by atoms with Gasteiger partial charge in [0.25, 0.3) is 0 Å². The summed E-state index contributed by atoms with van der Waals surface area (Å²) >= 11 is 0. The van der Waals surface area contributed by atoms with E-state index in [9.17, 15) is 5.11 Å². The van der Waals surface area contributed by atoms with E-state index in [0.29, 0.717) is 17.8 Å². The molecule has 4 atom stereocenters. The summed E-state index contributed by atoms with van der Waals surface area (Å²) in [5.74, 6) is 2.47. The lowest BCUT2D eigenvalue weighted by molar-refractivity contribution is 0.0431. The Morgan fingerprint density at radius 2 is 1.80 bits per heavy atom. The van der Waals surface area contributed by atoms with Crippen molar-refractivity contribution in [2.75, 3.05) is 0 Å².